The van der Waals surface area contributed by atoms with Crippen molar-refractivity contribution < 1.29 is 9.59 Å². The Morgan fingerprint density at radius 1 is 1.10 bits per heavy atom. The number of aromatic nitrogens is 2. The average molecular weight is 432 g/mol. The highest BCUT2D eigenvalue weighted by Gasteiger charge is 2.20. The molecule has 0 bridgehead atoms. The van der Waals surface area contributed by atoms with Crippen LogP contribution in [0.5, 0.6) is 0 Å². The fraction of sp³-hybridized carbons (Fsp3) is 0.500. The molecular formula is C22H30ClN5O2. The number of hydrogen-bond donors (Lipinski definition) is 3. The third-order valence-electron chi connectivity index (χ3n) is 5.91. The van der Waals surface area contributed by atoms with Gasteiger partial charge in [-0.25, -0.2) is 0 Å². The summed E-state index contributed by atoms with van der Waals surface area (Å²) in [6.45, 7) is 3.82. The van der Waals surface area contributed by atoms with Gasteiger partial charge in [-0.2, -0.15) is 5.10 Å². The maximum Gasteiger partial charge on any atom is 0.276 e. The Bertz CT molecular complexity index is 885. The van der Waals surface area contributed by atoms with Crippen molar-refractivity contribution in [3.05, 3.63) is 47.3 Å². The van der Waals surface area contributed by atoms with E-state index in [0.717, 1.165) is 44.3 Å². The first-order valence-corrected chi connectivity index (χ1v) is 10.6. The van der Waals surface area contributed by atoms with Gasteiger partial charge in [0.05, 0.1) is 6.04 Å². The van der Waals surface area contributed by atoms with Gasteiger partial charge in [0.25, 0.3) is 11.8 Å². The number of piperidine rings is 1. The van der Waals surface area contributed by atoms with E-state index in [-0.39, 0.29) is 30.3 Å². The van der Waals surface area contributed by atoms with Crippen LogP contribution in [0.3, 0.4) is 0 Å². The lowest BCUT2D eigenvalue weighted by molar-refractivity contribution is 0.0937. The van der Waals surface area contributed by atoms with Gasteiger partial charge in [0.15, 0.2) is 5.69 Å². The molecule has 4 rings (SSSR count). The Hall–Kier alpha value is -2.38. The summed E-state index contributed by atoms with van der Waals surface area (Å²) in [6.07, 6.45) is 8.54. The normalized spacial score (nSPS) is 19.2. The van der Waals surface area contributed by atoms with Crippen LogP contribution in [0.4, 0.5) is 5.69 Å². The zero-order valence-corrected chi connectivity index (χ0v) is 18.1. The van der Waals surface area contributed by atoms with Crippen molar-refractivity contribution in [2.24, 2.45) is 0 Å². The summed E-state index contributed by atoms with van der Waals surface area (Å²) in [5.41, 5.74) is 2.58. The molecule has 1 aliphatic carbocycles. The molecule has 1 saturated carbocycles. The number of nitrogens with zero attached hydrogens (tertiary/aromatic N) is 2. The van der Waals surface area contributed by atoms with Crippen LogP contribution in [0, 0.1) is 6.92 Å². The summed E-state index contributed by atoms with van der Waals surface area (Å²) in [5, 5.41) is 13.8. The predicted octanol–water partition coefficient (Wildman–Crippen LogP) is 3.46. The van der Waals surface area contributed by atoms with Gasteiger partial charge in [0.2, 0.25) is 0 Å². The van der Waals surface area contributed by atoms with E-state index in [4.69, 9.17) is 0 Å². The van der Waals surface area contributed by atoms with E-state index in [9.17, 15) is 9.59 Å². The summed E-state index contributed by atoms with van der Waals surface area (Å²) in [4.78, 5) is 25.1. The Morgan fingerprint density at radius 2 is 1.90 bits per heavy atom. The molecule has 1 aliphatic heterocycles. The molecule has 1 aromatic carbocycles. The number of benzene rings is 1. The molecular weight excluding hydrogens is 402 g/mol. The number of hydrogen-bond acceptors (Lipinski definition) is 4. The van der Waals surface area contributed by atoms with E-state index >= 15 is 0 Å². The minimum absolute atomic E-state index is 0. The van der Waals surface area contributed by atoms with Gasteiger partial charge in [-0.05, 0) is 69.0 Å². The van der Waals surface area contributed by atoms with E-state index in [1.807, 2.05) is 23.9 Å². The van der Waals surface area contributed by atoms with E-state index in [1.165, 1.54) is 12.8 Å². The number of carbonyl (C=O) groups excluding carboxylic acids is 2. The van der Waals surface area contributed by atoms with Crippen molar-refractivity contribution in [1.29, 1.82) is 0 Å². The van der Waals surface area contributed by atoms with E-state index in [1.54, 1.807) is 18.2 Å². The van der Waals surface area contributed by atoms with Crippen LogP contribution < -0.4 is 16.0 Å². The maximum absolute atomic E-state index is 12.6. The monoisotopic (exact) mass is 431 g/mol. The van der Waals surface area contributed by atoms with Crippen LogP contribution in [0.1, 0.15) is 71.0 Å². The summed E-state index contributed by atoms with van der Waals surface area (Å²) in [5.74, 6) is -0.281. The Kier molecular flexibility index (Phi) is 7.50. The lowest BCUT2D eigenvalue weighted by Gasteiger charge is -2.22. The third kappa shape index (κ3) is 5.21. The second kappa shape index (κ2) is 10.1. The quantitative estimate of drug-likeness (QED) is 0.676. The minimum Gasteiger partial charge on any atom is -0.349 e. The highest BCUT2D eigenvalue weighted by Crippen LogP contribution is 2.21. The molecule has 1 atom stereocenters. The van der Waals surface area contributed by atoms with Crippen molar-refractivity contribution in [2.45, 2.75) is 57.5 Å². The Balaban J connectivity index is 0.00000256. The minimum atomic E-state index is -0.237. The van der Waals surface area contributed by atoms with Gasteiger partial charge < -0.3 is 16.0 Å². The van der Waals surface area contributed by atoms with Gasteiger partial charge in [-0.1, -0.05) is 12.8 Å². The van der Waals surface area contributed by atoms with Crippen LogP contribution in [-0.4, -0.2) is 40.7 Å². The molecule has 0 radical (unpaired) electrons. The molecule has 2 aliphatic rings. The Morgan fingerprint density at radius 3 is 2.60 bits per heavy atom. The van der Waals surface area contributed by atoms with Gasteiger partial charge in [-0.15, -0.1) is 12.4 Å². The molecule has 1 saturated heterocycles. The van der Waals surface area contributed by atoms with Crippen LogP contribution in [0.25, 0.3) is 0 Å². The SMILES string of the molecule is Cc1cc(C(=O)NC2CCCC2)ccc1NC(=O)c1ccn(C2CCCNC2)n1.Cl. The van der Waals surface area contributed by atoms with Gasteiger partial charge in [-0.3, -0.25) is 14.3 Å². The van der Waals surface area contributed by atoms with Crippen molar-refractivity contribution in [2.75, 3.05) is 18.4 Å². The largest absolute Gasteiger partial charge is 0.349 e. The first kappa shape index (κ1) is 22.3. The molecule has 7 nitrogen and oxygen atoms in total. The van der Waals surface area contributed by atoms with Crippen molar-refractivity contribution >= 4 is 29.9 Å². The zero-order valence-electron chi connectivity index (χ0n) is 17.3. The van der Waals surface area contributed by atoms with Crippen LogP contribution >= 0.6 is 12.4 Å². The molecule has 1 aromatic heterocycles. The number of amides is 2. The van der Waals surface area contributed by atoms with Crippen molar-refractivity contribution in [3.63, 3.8) is 0 Å². The standard InChI is InChI=1S/C22H29N5O2.ClH/c1-15-13-16(21(28)24-17-5-2-3-6-17)8-9-19(15)25-22(29)20-10-12-27(26-20)18-7-4-11-23-14-18;/h8-10,12-13,17-18,23H,2-7,11,14H2,1H3,(H,24,28)(H,25,29);1H. The first-order valence-electron chi connectivity index (χ1n) is 10.6. The molecule has 2 aromatic rings. The van der Waals surface area contributed by atoms with E-state index < -0.39 is 0 Å². The Labute approximate surface area is 183 Å². The van der Waals surface area contributed by atoms with Gasteiger partial charge in [0.1, 0.15) is 0 Å². The molecule has 162 valence electrons. The molecule has 2 amide bonds. The molecule has 1 unspecified atom stereocenters. The maximum atomic E-state index is 12.6. The summed E-state index contributed by atoms with van der Waals surface area (Å²) < 4.78 is 1.88. The fourth-order valence-corrected chi connectivity index (χ4v) is 4.19. The second-order valence-electron chi connectivity index (χ2n) is 8.12. The third-order valence-corrected chi connectivity index (χ3v) is 5.91. The predicted molar refractivity (Wildman–Crippen MR) is 119 cm³/mol. The van der Waals surface area contributed by atoms with E-state index in [0.29, 0.717) is 23.0 Å². The number of rotatable bonds is 5. The highest BCUT2D eigenvalue weighted by molar-refractivity contribution is 6.03. The lowest BCUT2D eigenvalue weighted by Crippen LogP contribution is -2.32. The topological polar surface area (TPSA) is 88.0 Å². The molecule has 0 spiro atoms. The number of aryl methyl sites for hydroxylation is 1. The average Bonchev–Trinajstić information content (AvgIpc) is 3.42. The smallest absolute Gasteiger partial charge is 0.276 e. The van der Waals surface area contributed by atoms with Crippen LogP contribution in [0.15, 0.2) is 30.5 Å². The van der Waals surface area contributed by atoms with Crippen molar-refractivity contribution in [3.8, 4) is 0 Å². The summed E-state index contributed by atoms with van der Waals surface area (Å²) in [7, 11) is 0. The molecule has 2 fully saturated rings. The highest BCUT2D eigenvalue weighted by atomic mass is 35.5. The van der Waals surface area contributed by atoms with Crippen LogP contribution in [0.2, 0.25) is 0 Å². The van der Waals surface area contributed by atoms with Crippen LogP contribution in [-0.2, 0) is 0 Å². The van der Waals surface area contributed by atoms with E-state index in [2.05, 4.69) is 21.0 Å². The van der Waals surface area contributed by atoms with Gasteiger partial charge >= 0.3 is 0 Å². The molecule has 8 heteroatoms. The first-order chi connectivity index (χ1) is 14.1. The number of nitrogens with one attached hydrogen (secondary N) is 3. The van der Waals surface area contributed by atoms with Crippen molar-refractivity contribution in [1.82, 2.24) is 20.4 Å². The number of carbonyl (C=O) groups is 2. The number of halogens is 1. The molecule has 30 heavy (non-hydrogen) atoms. The molecule has 3 N–H and O–H groups in total. The fourth-order valence-electron chi connectivity index (χ4n) is 4.19. The number of anilines is 1. The lowest BCUT2D eigenvalue weighted by atomic mass is 10.1. The molecule has 2 heterocycles. The summed E-state index contributed by atoms with van der Waals surface area (Å²) >= 11 is 0. The summed E-state index contributed by atoms with van der Waals surface area (Å²) in [6, 6.07) is 7.72. The second-order valence-corrected chi connectivity index (χ2v) is 8.12. The van der Waals surface area contributed by atoms with Gasteiger partial charge in [0, 0.05) is 30.0 Å². The zero-order chi connectivity index (χ0) is 20.2.